The number of pyridine rings is 1. The van der Waals surface area contributed by atoms with Gasteiger partial charge in [-0.3, -0.25) is 14.4 Å². The van der Waals surface area contributed by atoms with Crippen LogP contribution in [0.2, 0.25) is 0 Å². The van der Waals surface area contributed by atoms with Crippen LogP contribution in [0.1, 0.15) is 43.1 Å². The second kappa shape index (κ2) is 9.16. The van der Waals surface area contributed by atoms with Crippen molar-refractivity contribution in [2.24, 2.45) is 5.92 Å². The molecule has 0 bridgehead atoms. The van der Waals surface area contributed by atoms with Crippen LogP contribution in [0.25, 0.3) is 0 Å². The molecule has 2 aromatic rings. The molecule has 2 amide bonds. The molecule has 144 valence electrons. The molecule has 0 radical (unpaired) electrons. The maximum absolute atomic E-state index is 12.7. The van der Waals surface area contributed by atoms with Gasteiger partial charge in [0.25, 0.3) is 11.5 Å². The molecule has 27 heavy (non-hydrogen) atoms. The van der Waals surface area contributed by atoms with E-state index in [0.717, 1.165) is 12.0 Å². The van der Waals surface area contributed by atoms with E-state index in [0.29, 0.717) is 17.8 Å². The zero-order valence-electron chi connectivity index (χ0n) is 16.3. The lowest BCUT2D eigenvalue weighted by Gasteiger charge is -2.22. The SMILES string of the molecule is CCCn1cc(NC(=O)[C@H](NC(=O)c2ccc(C)cc2)C(C)C)ccc1=O. The van der Waals surface area contributed by atoms with Gasteiger partial charge in [-0.25, -0.2) is 0 Å². The minimum Gasteiger partial charge on any atom is -0.340 e. The Morgan fingerprint density at radius 1 is 1.07 bits per heavy atom. The van der Waals surface area contributed by atoms with E-state index in [9.17, 15) is 14.4 Å². The van der Waals surface area contributed by atoms with Crippen LogP contribution in [0.15, 0.2) is 47.4 Å². The van der Waals surface area contributed by atoms with Gasteiger partial charge in [0.15, 0.2) is 0 Å². The van der Waals surface area contributed by atoms with Crippen LogP contribution in [-0.2, 0) is 11.3 Å². The van der Waals surface area contributed by atoms with Gasteiger partial charge in [0, 0.05) is 24.4 Å². The molecular weight excluding hydrogens is 342 g/mol. The van der Waals surface area contributed by atoms with E-state index in [4.69, 9.17) is 0 Å². The molecule has 0 unspecified atom stereocenters. The van der Waals surface area contributed by atoms with Crippen LogP contribution in [0, 0.1) is 12.8 Å². The molecule has 0 saturated carbocycles. The Labute approximate surface area is 159 Å². The number of hydrogen-bond acceptors (Lipinski definition) is 3. The average Bonchev–Trinajstić information content (AvgIpc) is 2.62. The summed E-state index contributed by atoms with van der Waals surface area (Å²) in [4.78, 5) is 37.0. The van der Waals surface area contributed by atoms with Crippen molar-refractivity contribution in [1.29, 1.82) is 0 Å². The van der Waals surface area contributed by atoms with Crippen molar-refractivity contribution in [3.05, 3.63) is 64.1 Å². The number of anilines is 1. The molecule has 1 heterocycles. The molecule has 1 atom stereocenters. The van der Waals surface area contributed by atoms with Crippen LogP contribution in [0.3, 0.4) is 0 Å². The highest BCUT2D eigenvalue weighted by Crippen LogP contribution is 2.10. The van der Waals surface area contributed by atoms with Gasteiger partial charge in [-0.1, -0.05) is 38.5 Å². The van der Waals surface area contributed by atoms with Gasteiger partial charge in [0.1, 0.15) is 6.04 Å². The molecule has 0 aliphatic carbocycles. The number of nitrogens with one attached hydrogen (secondary N) is 2. The molecule has 2 rings (SSSR count). The highest BCUT2D eigenvalue weighted by molar-refractivity contribution is 6.01. The Hall–Kier alpha value is -2.89. The topological polar surface area (TPSA) is 80.2 Å². The zero-order chi connectivity index (χ0) is 20.0. The van der Waals surface area contributed by atoms with Crippen LogP contribution in [0.4, 0.5) is 5.69 Å². The third-order valence-corrected chi connectivity index (χ3v) is 4.27. The van der Waals surface area contributed by atoms with E-state index in [1.807, 2.05) is 39.8 Å². The van der Waals surface area contributed by atoms with Gasteiger partial charge in [-0.15, -0.1) is 0 Å². The lowest BCUT2D eigenvalue weighted by atomic mass is 10.0. The first-order valence-corrected chi connectivity index (χ1v) is 9.20. The summed E-state index contributed by atoms with van der Waals surface area (Å²) in [6.45, 7) is 8.26. The number of benzene rings is 1. The Kier molecular flexibility index (Phi) is 6.93. The fourth-order valence-corrected chi connectivity index (χ4v) is 2.71. The van der Waals surface area contributed by atoms with Crippen LogP contribution >= 0.6 is 0 Å². The predicted molar refractivity (Wildman–Crippen MR) is 107 cm³/mol. The first-order chi connectivity index (χ1) is 12.8. The van der Waals surface area contributed by atoms with Crippen molar-refractivity contribution in [3.63, 3.8) is 0 Å². The van der Waals surface area contributed by atoms with E-state index in [1.165, 1.54) is 6.07 Å². The Morgan fingerprint density at radius 2 is 1.74 bits per heavy atom. The van der Waals surface area contributed by atoms with Gasteiger partial charge >= 0.3 is 0 Å². The molecule has 0 aliphatic rings. The molecule has 2 N–H and O–H groups in total. The van der Waals surface area contributed by atoms with Crippen molar-refractivity contribution in [2.75, 3.05) is 5.32 Å². The summed E-state index contributed by atoms with van der Waals surface area (Å²) in [5.74, 6) is -0.701. The normalized spacial score (nSPS) is 11.9. The Bertz CT molecular complexity index is 854. The fourth-order valence-electron chi connectivity index (χ4n) is 2.71. The molecular formula is C21H27N3O3. The maximum atomic E-state index is 12.7. The van der Waals surface area contributed by atoms with Gasteiger partial charge in [-0.2, -0.15) is 0 Å². The summed E-state index contributed by atoms with van der Waals surface area (Å²) in [6, 6.07) is 9.50. The first kappa shape index (κ1) is 20.4. The lowest BCUT2D eigenvalue weighted by molar-refractivity contribution is -0.118. The molecule has 6 heteroatoms. The van der Waals surface area contributed by atoms with E-state index in [-0.39, 0.29) is 23.3 Å². The minimum absolute atomic E-state index is 0.0963. The number of aryl methyl sites for hydroxylation is 2. The molecule has 1 aromatic carbocycles. The molecule has 0 spiro atoms. The van der Waals surface area contributed by atoms with Gasteiger partial charge < -0.3 is 15.2 Å². The van der Waals surface area contributed by atoms with Gasteiger partial charge in [0.2, 0.25) is 5.91 Å². The fraction of sp³-hybridized carbons (Fsp3) is 0.381. The van der Waals surface area contributed by atoms with Crippen LogP contribution < -0.4 is 16.2 Å². The third-order valence-electron chi connectivity index (χ3n) is 4.27. The summed E-state index contributed by atoms with van der Waals surface area (Å²) in [6.07, 6.45) is 2.45. The number of nitrogens with zero attached hydrogens (tertiary/aromatic N) is 1. The summed E-state index contributed by atoms with van der Waals surface area (Å²) < 4.78 is 1.56. The lowest BCUT2D eigenvalue weighted by Crippen LogP contribution is -2.47. The predicted octanol–water partition coefficient (Wildman–Crippen LogP) is 2.96. The number of rotatable bonds is 7. The zero-order valence-corrected chi connectivity index (χ0v) is 16.3. The van der Waals surface area contributed by atoms with E-state index >= 15 is 0 Å². The molecule has 6 nitrogen and oxygen atoms in total. The maximum Gasteiger partial charge on any atom is 0.251 e. The average molecular weight is 369 g/mol. The summed E-state index contributed by atoms with van der Waals surface area (Å²) in [7, 11) is 0. The molecule has 1 aromatic heterocycles. The monoisotopic (exact) mass is 369 g/mol. The quantitative estimate of drug-likeness (QED) is 0.787. The number of carbonyl (C=O) groups is 2. The van der Waals surface area contributed by atoms with Gasteiger partial charge in [0.05, 0.1) is 5.69 Å². The molecule has 0 fully saturated rings. The molecule has 0 saturated heterocycles. The first-order valence-electron chi connectivity index (χ1n) is 9.20. The summed E-state index contributed by atoms with van der Waals surface area (Å²) >= 11 is 0. The highest BCUT2D eigenvalue weighted by Gasteiger charge is 2.25. The van der Waals surface area contributed by atoms with E-state index in [2.05, 4.69) is 10.6 Å². The van der Waals surface area contributed by atoms with Crippen molar-refractivity contribution in [3.8, 4) is 0 Å². The Morgan fingerprint density at radius 3 is 2.33 bits per heavy atom. The summed E-state index contributed by atoms with van der Waals surface area (Å²) in [5.41, 5.74) is 1.99. The molecule has 0 aliphatic heterocycles. The summed E-state index contributed by atoms with van der Waals surface area (Å²) in [5, 5.41) is 5.61. The van der Waals surface area contributed by atoms with Crippen molar-refractivity contribution >= 4 is 17.5 Å². The minimum atomic E-state index is -0.689. The number of amides is 2. The number of hydrogen-bond donors (Lipinski definition) is 2. The second-order valence-electron chi connectivity index (χ2n) is 7.00. The largest absolute Gasteiger partial charge is 0.340 e. The van der Waals surface area contributed by atoms with Crippen LogP contribution in [0.5, 0.6) is 0 Å². The highest BCUT2D eigenvalue weighted by atomic mass is 16.2. The van der Waals surface area contributed by atoms with E-state index in [1.54, 1.807) is 29.0 Å². The van der Waals surface area contributed by atoms with E-state index < -0.39 is 6.04 Å². The van der Waals surface area contributed by atoms with Crippen molar-refractivity contribution < 1.29 is 9.59 Å². The van der Waals surface area contributed by atoms with Crippen molar-refractivity contribution in [2.45, 2.75) is 46.7 Å². The number of aromatic nitrogens is 1. The Balaban J connectivity index is 2.13. The van der Waals surface area contributed by atoms with Crippen molar-refractivity contribution in [1.82, 2.24) is 9.88 Å². The second-order valence-corrected chi connectivity index (χ2v) is 7.00. The standard InChI is InChI=1S/C21H27N3O3/c1-5-12-24-13-17(10-11-18(24)25)22-21(27)19(14(2)3)23-20(26)16-8-6-15(4)7-9-16/h6-11,13-14,19H,5,12H2,1-4H3,(H,22,27)(H,23,26)/t19-/m1/s1. The smallest absolute Gasteiger partial charge is 0.251 e. The third kappa shape index (κ3) is 5.54. The van der Waals surface area contributed by atoms with Crippen LogP contribution in [-0.4, -0.2) is 22.4 Å². The number of carbonyl (C=O) groups excluding carboxylic acids is 2. The van der Waals surface area contributed by atoms with Gasteiger partial charge in [-0.05, 0) is 37.5 Å².